The minimum Gasteiger partial charge on any atom is -0.320 e. The lowest BCUT2D eigenvalue weighted by atomic mass is 10.0. The van der Waals surface area contributed by atoms with E-state index in [1.807, 2.05) is 49.4 Å². The maximum absolute atomic E-state index is 14.2. The molecule has 34 heavy (non-hydrogen) atoms. The van der Waals surface area contributed by atoms with Crippen molar-refractivity contribution in [3.05, 3.63) is 125 Å². The van der Waals surface area contributed by atoms with Crippen LogP contribution in [0, 0.1) is 6.92 Å². The first-order valence-electron chi connectivity index (χ1n) is 10.8. The van der Waals surface area contributed by atoms with Gasteiger partial charge in [-0.1, -0.05) is 84.4 Å². The fraction of sp³-hybridized carbons (Fsp3) is 0.0357. The van der Waals surface area contributed by atoms with Crippen LogP contribution in [0.2, 0.25) is 0 Å². The van der Waals surface area contributed by atoms with Gasteiger partial charge >= 0.3 is 0 Å². The number of anilines is 2. The second-order valence-corrected chi connectivity index (χ2v) is 9.79. The second kappa shape index (κ2) is 8.65. The number of fused-ring (bicyclic) bond motifs is 1. The molecule has 0 aliphatic rings. The van der Waals surface area contributed by atoms with Gasteiger partial charge in [0.15, 0.2) is 0 Å². The molecule has 5 nitrogen and oxygen atoms in total. The molecule has 5 rings (SSSR count). The van der Waals surface area contributed by atoms with Gasteiger partial charge in [0.1, 0.15) is 0 Å². The van der Waals surface area contributed by atoms with Crippen LogP contribution < -0.4 is 9.86 Å². The number of nitrogens with zero attached hydrogens (tertiary/aromatic N) is 1. The van der Waals surface area contributed by atoms with Crippen molar-refractivity contribution in [3.8, 4) is 11.3 Å². The average Bonchev–Trinajstić information content (AvgIpc) is 2.87. The van der Waals surface area contributed by atoms with E-state index in [0.29, 0.717) is 33.4 Å². The Kier molecular flexibility index (Phi) is 5.51. The monoisotopic (exact) mass is 466 g/mol. The number of H-pyrrole nitrogens is 1. The molecule has 0 saturated carbocycles. The molecule has 0 atom stereocenters. The Balaban J connectivity index is 1.92. The summed E-state index contributed by atoms with van der Waals surface area (Å²) in [5.74, 6) is 0. The Hall–Kier alpha value is -4.16. The minimum atomic E-state index is -4.05. The highest BCUT2D eigenvalue weighted by Crippen LogP contribution is 2.41. The first-order valence-corrected chi connectivity index (χ1v) is 12.3. The van der Waals surface area contributed by atoms with Crippen LogP contribution in [0.25, 0.3) is 22.0 Å². The third kappa shape index (κ3) is 3.78. The van der Waals surface area contributed by atoms with E-state index < -0.39 is 10.0 Å². The van der Waals surface area contributed by atoms with E-state index >= 15 is 0 Å². The number of aromatic amines is 1. The van der Waals surface area contributed by atoms with Crippen LogP contribution in [0.1, 0.15) is 5.56 Å². The zero-order chi connectivity index (χ0) is 23.7. The van der Waals surface area contributed by atoms with Crippen LogP contribution >= 0.6 is 0 Å². The standard InChI is InChI=1S/C28H22N2O3S/c1-20-16-18-23(19-17-20)34(32,33)30(22-12-6-3-7-13-22)27-24-14-8-9-15-25(24)28(31)29-26(27)21-10-4-2-5-11-21/h2-19H,1H3,(H,29,31). The van der Waals surface area contributed by atoms with Gasteiger partial charge in [-0.25, -0.2) is 12.7 Å². The van der Waals surface area contributed by atoms with Crippen molar-refractivity contribution in [1.82, 2.24) is 4.98 Å². The third-order valence-electron chi connectivity index (χ3n) is 5.72. The molecule has 0 spiro atoms. The van der Waals surface area contributed by atoms with Crippen molar-refractivity contribution in [1.29, 1.82) is 0 Å². The Labute approximate surface area is 198 Å². The number of nitrogens with one attached hydrogen (secondary N) is 1. The molecule has 0 fully saturated rings. The molecule has 6 heteroatoms. The molecule has 0 aliphatic carbocycles. The molecule has 0 radical (unpaired) electrons. The molecular weight excluding hydrogens is 444 g/mol. The van der Waals surface area contributed by atoms with Gasteiger partial charge in [0.05, 0.1) is 22.0 Å². The highest BCUT2D eigenvalue weighted by Gasteiger charge is 2.31. The summed E-state index contributed by atoms with van der Waals surface area (Å²) in [6.45, 7) is 1.91. The maximum atomic E-state index is 14.2. The summed E-state index contributed by atoms with van der Waals surface area (Å²) in [4.78, 5) is 16.1. The molecular formula is C28H22N2O3S. The highest BCUT2D eigenvalue weighted by molar-refractivity contribution is 7.93. The summed E-state index contributed by atoms with van der Waals surface area (Å²) < 4.78 is 29.7. The molecule has 0 saturated heterocycles. The molecule has 1 heterocycles. The summed E-state index contributed by atoms with van der Waals surface area (Å²) in [6.07, 6.45) is 0. The predicted molar refractivity (Wildman–Crippen MR) is 137 cm³/mol. The molecule has 1 aromatic heterocycles. The van der Waals surface area contributed by atoms with Crippen molar-refractivity contribution < 1.29 is 8.42 Å². The van der Waals surface area contributed by atoms with Gasteiger partial charge in [-0.15, -0.1) is 0 Å². The predicted octanol–water partition coefficient (Wildman–Crippen LogP) is 6.03. The molecule has 0 amide bonds. The lowest BCUT2D eigenvalue weighted by molar-refractivity contribution is 0.596. The smallest absolute Gasteiger partial charge is 0.268 e. The third-order valence-corrected chi connectivity index (χ3v) is 7.46. The number of aromatic nitrogens is 1. The fourth-order valence-electron chi connectivity index (χ4n) is 4.05. The Morgan fingerprint density at radius 3 is 1.88 bits per heavy atom. The van der Waals surface area contributed by atoms with Crippen LogP contribution in [-0.4, -0.2) is 13.4 Å². The van der Waals surface area contributed by atoms with E-state index in [-0.39, 0.29) is 10.5 Å². The number of hydrogen-bond acceptors (Lipinski definition) is 3. The van der Waals surface area contributed by atoms with Crippen molar-refractivity contribution >= 4 is 32.2 Å². The van der Waals surface area contributed by atoms with Crippen molar-refractivity contribution in [2.75, 3.05) is 4.31 Å². The molecule has 4 aromatic carbocycles. The highest BCUT2D eigenvalue weighted by atomic mass is 32.2. The van der Waals surface area contributed by atoms with E-state index in [9.17, 15) is 13.2 Å². The number of sulfonamides is 1. The van der Waals surface area contributed by atoms with Crippen LogP contribution in [0.15, 0.2) is 119 Å². The van der Waals surface area contributed by atoms with Crippen LogP contribution in [0.4, 0.5) is 11.4 Å². The van der Waals surface area contributed by atoms with Crippen molar-refractivity contribution in [2.24, 2.45) is 0 Å². The number of rotatable bonds is 5. The number of benzene rings is 4. The maximum Gasteiger partial charge on any atom is 0.268 e. The lowest BCUT2D eigenvalue weighted by Gasteiger charge is -2.28. The van der Waals surface area contributed by atoms with Gasteiger partial charge in [-0.2, -0.15) is 0 Å². The van der Waals surface area contributed by atoms with Crippen LogP contribution in [0.3, 0.4) is 0 Å². The van der Waals surface area contributed by atoms with E-state index in [4.69, 9.17) is 0 Å². The summed E-state index contributed by atoms with van der Waals surface area (Å²) in [5, 5.41) is 0.960. The number of pyridine rings is 1. The molecule has 0 aliphatic heterocycles. The Morgan fingerprint density at radius 2 is 1.24 bits per heavy atom. The zero-order valence-electron chi connectivity index (χ0n) is 18.5. The van der Waals surface area contributed by atoms with Crippen molar-refractivity contribution in [2.45, 2.75) is 11.8 Å². The van der Waals surface area contributed by atoms with E-state index in [1.54, 1.807) is 66.7 Å². The van der Waals surface area contributed by atoms with Gasteiger partial charge in [-0.05, 0) is 37.3 Å². The van der Waals surface area contributed by atoms with Crippen LogP contribution in [0.5, 0.6) is 0 Å². The Morgan fingerprint density at radius 1 is 0.676 bits per heavy atom. The van der Waals surface area contributed by atoms with E-state index in [1.165, 1.54) is 4.31 Å². The first kappa shape index (κ1) is 21.7. The minimum absolute atomic E-state index is 0.163. The van der Waals surface area contributed by atoms with Gasteiger partial charge in [0, 0.05) is 16.3 Å². The lowest BCUT2D eigenvalue weighted by Crippen LogP contribution is -2.28. The summed E-state index contributed by atoms with van der Waals surface area (Å²) in [5.41, 5.74) is 2.69. The first-order chi connectivity index (χ1) is 16.5. The molecule has 5 aromatic rings. The van der Waals surface area contributed by atoms with E-state index in [0.717, 1.165) is 5.56 Å². The largest absolute Gasteiger partial charge is 0.320 e. The fourth-order valence-corrected chi connectivity index (χ4v) is 5.57. The van der Waals surface area contributed by atoms with Gasteiger partial charge < -0.3 is 4.98 Å². The second-order valence-electron chi connectivity index (χ2n) is 8.01. The topological polar surface area (TPSA) is 70.2 Å². The van der Waals surface area contributed by atoms with E-state index in [2.05, 4.69) is 4.98 Å². The summed E-state index contributed by atoms with van der Waals surface area (Å²) in [7, 11) is -4.05. The molecule has 168 valence electrons. The molecule has 0 unspecified atom stereocenters. The van der Waals surface area contributed by atoms with Crippen LogP contribution in [-0.2, 0) is 10.0 Å². The van der Waals surface area contributed by atoms with Crippen molar-refractivity contribution in [3.63, 3.8) is 0 Å². The number of hydrogen-bond donors (Lipinski definition) is 1. The SMILES string of the molecule is Cc1ccc(S(=O)(=O)N(c2ccccc2)c2c(-c3ccccc3)[nH]c(=O)c3ccccc23)cc1. The normalized spacial score (nSPS) is 11.4. The zero-order valence-corrected chi connectivity index (χ0v) is 19.3. The Bertz CT molecular complexity index is 1630. The van der Waals surface area contributed by atoms with Gasteiger partial charge in [-0.3, -0.25) is 4.79 Å². The van der Waals surface area contributed by atoms with Gasteiger partial charge in [0.25, 0.3) is 15.6 Å². The van der Waals surface area contributed by atoms with Gasteiger partial charge in [0.2, 0.25) is 0 Å². The molecule has 0 bridgehead atoms. The average molecular weight is 467 g/mol. The summed E-state index contributed by atoms with van der Waals surface area (Å²) in [6, 6.07) is 32.0. The number of aryl methyl sites for hydroxylation is 1. The summed E-state index contributed by atoms with van der Waals surface area (Å²) >= 11 is 0. The molecule has 1 N–H and O–H groups in total. The number of para-hydroxylation sites is 1. The quantitative estimate of drug-likeness (QED) is 0.344.